The quantitative estimate of drug-likeness (QED) is 0.857. The maximum absolute atomic E-state index is 12.3. The standard InChI is InChI=1S/C13H10BrNOS/c14-10-4-6-17-13(10)12(16)9-2-1-8-3-5-15-11(8)7-9/h1-2,4,6-7,15H,3,5H2. The summed E-state index contributed by atoms with van der Waals surface area (Å²) in [4.78, 5) is 13.0. The highest BCUT2D eigenvalue weighted by Crippen LogP contribution is 2.28. The number of benzene rings is 1. The maximum atomic E-state index is 12.3. The summed E-state index contributed by atoms with van der Waals surface area (Å²) in [5.41, 5.74) is 3.15. The Kier molecular flexibility index (Phi) is 2.76. The first-order chi connectivity index (χ1) is 8.25. The minimum atomic E-state index is 0.0865. The van der Waals surface area contributed by atoms with Crippen LogP contribution in [-0.4, -0.2) is 12.3 Å². The molecule has 0 amide bonds. The van der Waals surface area contributed by atoms with Gasteiger partial charge in [0, 0.05) is 22.3 Å². The first-order valence-electron chi connectivity index (χ1n) is 5.40. The van der Waals surface area contributed by atoms with Crippen LogP contribution in [0.15, 0.2) is 34.1 Å². The normalized spacial score (nSPS) is 13.2. The van der Waals surface area contributed by atoms with Gasteiger partial charge in [0.2, 0.25) is 5.78 Å². The van der Waals surface area contributed by atoms with Gasteiger partial charge in [0.15, 0.2) is 0 Å². The average molecular weight is 308 g/mol. The summed E-state index contributed by atoms with van der Waals surface area (Å²) < 4.78 is 0.876. The van der Waals surface area contributed by atoms with E-state index in [1.54, 1.807) is 0 Å². The number of ketones is 1. The van der Waals surface area contributed by atoms with Gasteiger partial charge in [-0.15, -0.1) is 11.3 Å². The van der Waals surface area contributed by atoms with Crippen LogP contribution in [-0.2, 0) is 6.42 Å². The second-order valence-corrected chi connectivity index (χ2v) is 5.75. The monoisotopic (exact) mass is 307 g/mol. The lowest BCUT2D eigenvalue weighted by Gasteiger charge is -2.03. The average Bonchev–Trinajstić information content (AvgIpc) is 2.95. The summed E-state index contributed by atoms with van der Waals surface area (Å²) in [6, 6.07) is 7.82. The fraction of sp³-hybridized carbons (Fsp3) is 0.154. The largest absolute Gasteiger partial charge is 0.384 e. The number of hydrogen-bond acceptors (Lipinski definition) is 3. The highest BCUT2D eigenvalue weighted by Gasteiger charge is 2.17. The Morgan fingerprint density at radius 1 is 1.35 bits per heavy atom. The molecule has 0 fully saturated rings. The van der Waals surface area contributed by atoms with Crippen molar-refractivity contribution in [1.29, 1.82) is 0 Å². The number of anilines is 1. The zero-order valence-electron chi connectivity index (χ0n) is 9.00. The number of hydrogen-bond donors (Lipinski definition) is 1. The molecule has 0 bridgehead atoms. The van der Waals surface area contributed by atoms with Crippen molar-refractivity contribution in [2.75, 3.05) is 11.9 Å². The van der Waals surface area contributed by atoms with Crippen molar-refractivity contribution in [3.8, 4) is 0 Å². The van der Waals surface area contributed by atoms with E-state index < -0.39 is 0 Å². The highest BCUT2D eigenvalue weighted by atomic mass is 79.9. The molecule has 0 aliphatic carbocycles. The molecule has 4 heteroatoms. The summed E-state index contributed by atoms with van der Waals surface area (Å²) >= 11 is 4.87. The molecule has 17 heavy (non-hydrogen) atoms. The number of thiophene rings is 1. The van der Waals surface area contributed by atoms with Crippen molar-refractivity contribution in [2.45, 2.75) is 6.42 Å². The molecule has 86 valence electrons. The number of halogens is 1. The summed E-state index contributed by atoms with van der Waals surface area (Å²) in [6.07, 6.45) is 1.05. The third-order valence-electron chi connectivity index (χ3n) is 2.91. The van der Waals surface area contributed by atoms with Gasteiger partial charge in [-0.2, -0.15) is 0 Å². The molecule has 0 unspecified atom stereocenters. The van der Waals surface area contributed by atoms with Gasteiger partial charge in [0.1, 0.15) is 0 Å². The van der Waals surface area contributed by atoms with E-state index in [0.717, 1.165) is 33.6 Å². The molecule has 1 N–H and O–H groups in total. The lowest BCUT2D eigenvalue weighted by atomic mass is 10.1. The van der Waals surface area contributed by atoms with Crippen LogP contribution in [0.25, 0.3) is 0 Å². The van der Waals surface area contributed by atoms with Gasteiger partial charge in [-0.1, -0.05) is 12.1 Å². The molecule has 0 atom stereocenters. The van der Waals surface area contributed by atoms with Crippen LogP contribution in [0.5, 0.6) is 0 Å². The van der Waals surface area contributed by atoms with Crippen LogP contribution < -0.4 is 5.32 Å². The summed E-state index contributed by atoms with van der Waals surface area (Å²) in [5, 5.41) is 5.21. The van der Waals surface area contributed by atoms with Gasteiger partial charge < -0.3 is 5.32 Å². The molecule has 0 radical (unpaired) electrons. The predicted molar refractivity (Wildman–Crippen MR) is 74.1 cm³/mol. The van der Waals surface area contributed by atoms with E-state index in [2.05, 4.69) is 21.2 Å². The molecule has 1 aromatic carbocycles. The van der Waals surface area contributed by atoms with Crippen LogP contribution in [0.4, 0.5) is 5.69 Å². The predicted octanol–water partition coefficient (Wildman–Crippen LogP) is 3.71. The van der Waals surface area contributed by atoms with E-state index in [-0.39, 0.29) is 5.78 Å². The summed E-state index contributed by atoms with van der Waals surface area (Å²) in [5.74, 6) is 0.0865. The molecule has 1 aliphatic heterocycles. The number of rotatable bonds is 2. The first-order valence-corrected chi connectivity index (χ1v) is 7.07. The zero-order chi connectivity index (χ0) is 11.8. The van der Waals surface area contributed by atoms with Crippen molar-refractivity contribution < 1.29 is 4.79 Å². The second-order valence-electron chi connectivity index (χ2n) is 3.98. The van der Waals surface area contributed by atoms with Crippen LogP contribution in [0.2, 0.25) is 0 Å². The van der Waals surface area contributed by atoms with Crippen molar-refractivity contribution >= 4 is 38.7 Å². The van der Waals surface area contributed by atoms with Gasteiger partial charge >= 0.3 is 0 Å². The zero-order valence-corrected chi connectivity index (χ0v) is 11.4. The van der Waals surface area contributed by atoms with Gasteiger partial charge in [0.25, 0.3) is 0 Å². The molecule has 1 aromatic heterocycles. The third kappa shape index (κ3) is 1.91. The van der Waals surface area contributed by atoms with Gasteiger partial charge in [0.05, 0.1) is 4.88 Å². The lowest BCUT2D eigenvalue weighted by molar-refractivity contribution is 0.104. The molecular weight excluding hydrogens is 298 g/mol. The van der Waals surface area contributed by atoms with Crippen LogP contribution in [0.1, 0.15) is 20.8 Å². The summed E-state index contributed by atoms with van der Waals surface area (Å²) in [6.45, 7) is 0.968. The molecule has 2 aromatic rings. The van der Waals surface area contributed by atoms with E-state index in [0.29, 0.717) is 0 Å². The molecular formula is C13H10BrNOS. The first kappa shape index (κ1) is 11.0. The van der Waals surface area contributed by atoms with Gasteiger partial charge in [-0.3, -0.25) is 4.79 Å². The minimum Gasteiger partial charge on any atom is -0.384 e. The summed E-state index contributed by atoms with van der Waals surface area (Å²) in [7, 11) is 0. The van der Waals surface area contributed by atoms with E-state index in [1.165, 1.54) is 16.9 Å². The Bertz CT molecular complexity index is 591. The topological polar surface area (TPSA) is 29.1 Å². The van der Waals surface area contributed by atoms with E-state index in [9.17, 15) is 4.79 Å². The highest BCUT2D eigenvalue weighted by molar-refractivity contribution is 9.10. The lowest BCUT2D eigenvalue weighted by Crippen LogP contribution is -2.00. The van der Waals surface area contributed by atoms with Gasteiger partial charge in [-0.05, 0) is 45.4 Å². The third-order valence-corrected chi connectivity index (χ3v) is 4.74. The molecule has 0 saturated carbocycles. The molecule has 1 aliphatic rings. The molecule has 0 spiro atoms. The van der Waals surface area contributed by atoms with Crippen LogP contribution in [0.3, 0.4) is 0 Å². The van der Waals surface area contributed by atoms with E-state index in [1.807, 2.05) is 29.6 Å². The number of nitrogens with one attached hydrogen (secondary N) is 1. The SMILES string of the molecule is O=C(c1ccc2c(c1)NCC2)c1sccc1Br. The number of carbonyl (C=O) groups is 1. The van der Waals surface area contributed by atoms with Crippen LogP contribution >= 0.6 is 27.3 Å². The fourth-order valence-corrected chi connectivity index (χ4v) is 3.53. The van der Waals surface area contributed by atoms with Crippen molar-refractivity contribution in [3.63, 3.8) is 0 Å². The Hall–Kier alpha value is -1.13. The van der Waals surface area contributed by atoms with E-state index in [4.69, 9.17) is 0 Å². The smallest absolute Gasteiger partial charge is 0.204 e. The van der Waals surface area contributed by atoms with Crippen molar-refractivity contribution in [2.24, 2.45) is 0 Å². The Labute approximate surface area is 112 Å². The molecule has 0 saturated heterocycles. The Balaban J connectivity index is 2.00. The second kappa shape index (κ2) is 4.27. The van der Waals surface area contributed by atoms with Crippen molar-refractivity contribution in [3.05, 3.63) is 50.1 Å². The van der Waals surface area contributed by atoms with Gasteiger partial charge in [-0.25, -0.2) is 0 Å². The Morgan fingerprint density at radius 3 is 3.00 bits per heavy atom. The molecule has 2 heterocycles. The Morgan fingerprint density at radius 2 is 2.24 bits per heavy atom. The van der Waals surface area contributed by atoms with E-state index >= 15 is 0 Å². The number of fused-ring (bicyclic) bond motifs is 1. The number of carbonyl (C=O) groups excluding carboxylic acids is 1. The molecule has 2 nitrogen and oxygen atoms in total. The van der Waals surface area contributed by atoms with Crippen LogP contribution in [0, 0.1) is 0 Å². The fourth-order valence-electron chi connectivity index (χ4n) is 2.02. The maximum Gasteiger partial charge on any atom is 0.204 e. The van der Waals surface area contributed by atoms with Crippen molar-refractivity contribution in [1.82, 2.24) is 0 Å². The molecule has 3 rings (SSSR count). The minimum absolute atomic E-state index is 0.0865.